The monoisotopic (exact) mass is 254 g/mol. The van der Waals surface area contributed by atoms with Crippen LogP contribution in [0.5, 0.6) is 0 Å². The highest BCUT2D eigenvalue weighted by Gasteiger charge is 2.09. The molecule has 0 aliphatic rings. The van der Waals surface area contributed by atoms with Crippen molar-refractivity contribution in [1.29, 1.82) is 0 Å². The second-order valence-corrected chi connectivity index (χ2v) is 4.59. The molecule has 1 aromatic carbocycles. The van der Waals surface area contributed by atoms with Gasteiger partial charge in [-0.25, -0.2) is 12.8 Å². The molecule has 1 aromatic rings. The van der Waals surface area contributed by atoms with Gasteiger partial charge in [0.25, 0.3) is 0 Å². The number of benzene rings is 1. The largest absolute Gasteiger partial charge is 0.326 e. The maximum atomic E-state index is 13.1. The van der Waals surface area contributed by atoms with E-state index in [4.69, 9.17) is 5.73 Å². The topological polar surface area (TPSA) is 72.2 Å². The van der Waals surface area contributed by atoms with Crippen molar-refractivity contribution in [2.24, 2.45) is 5.73 Å². The number of anilines is 1. The molecular weight excluding hydrogens is 243 g/mol. The molecule has 86 valence electrons. The van der Waals surface area contributed by atoms with E-state index in [0.717, 1.165) is 6.26 Å². The van der Waals surface area contributed by atoms with Gasteiger partial charge < -0.3 is 5.73 Å². The van der Waals surface area contributed by atoms with Gasteiger partial charge in [-0.2, -0.15) is 0 Å². The zero-order valence-electron chi connectivity index (χ0n) is 8.03. The van der Waals surface area contributed by atoms with E-state index in [1.807, 2.05) is 0 Å². The highest BCUT2D eigenvalue weighted by atomic mass is 35.5. The Labute approximate surface area is 94.1 Å². The second-order valence-electron chi connectivity index (χ2n) is 2.84. The molecule has 15 heavy (non-hydrogen) atoms. The number of nitrogens with one attached hydrogen (secondary N) is 1. The molecule has 0 bridgehead atoms. The lowest BCUT2D eigenvalue weighted by Gasteiger charge is -2.09. The second kappa shape index (κ2) is 5.29. The first-order valence-corrected chi connectivity index (χ1v) is 5.78. The summed E-state index contributed by atoms with van der Waals surface area (Å²) >= 11 is 0. The SMILES string of the molecule is CS(=O)(=O)Nc1cccc(F)c1CN.Cl. The summed E-state index contributed by atoms with van der Waals surface area (Å²) in [7, 11) is -3.40. The third-order valence-corrected chi connectivity index (χ3v) is 2.21. The Morgan fingerprint density at radius 2 is 2.07 bits per heavy atom. The van der Waals surface area contributed by atoms with E-state index in [9.17, 15) is 12.8 Å². The minimum atomic E-state index is -3.40. The van der Waals surface area contributed by atoms with E-state index in [1.165, 1.54) is 18.2 Å². The van der Waals surface area contributed by atoms with Crippen LogP contribution >= 0.6 is 12.4 Å². The van der Waals surface area contributed by atoms with Crippen LogP contribution in [0.1, 0.15) is 5.56 Å². The van der Waals surface area contributed by atoms with Crippen molar-refractivity contribution in [3.8, 4) is 0 Å². The van der Waals surface area contributed by atoms with E-state index in [0.29, 0.717) is 0 Å². The standard InChI is InChI=1S/C8H11FN2O2S.ClH/c1-14(12,13)11-8-4-2-3-7(9)6(8)5-10;/h2-4,11H,5,10H2,1H3;1H. The van der Waals surface area contributed by atoms with Gasteiger partial charge in [-0.05, 0) is 12.1 Å². The molecule has 0 fully saturated rings. The number of sulfonamides is 1. The lowest BCUT2D eigenvalue weighted by molar-refractivity contribution is 0.605. The summed E-state index contributed by atoms with van der Waals surface area (Å²) in [6.45, 7) is -0.0511. The summed E-state index contributed by atoms with van der Waals surface area (Å²) in [6.07, 6.45) is 0.998. The minimum Gasteiger partial charge on any atom is -0.326 e. The van der Waals surface area contributed by atoms with Crippen LogP contribution in [0.3, 0.4) is 0 Å². The molecule has 0 saturated carbocycles. The van der Waals surface area contributed by atoms with Crippen LogP contribution in [-0.4, -0.2) is 14.7 Å². The predicted molar refractivity (Wildman–Crippen MR) is 60.0 cm³/mol. The van der Waals surface area contributed by atoms with Crippen molar-refractivity contribution in [2.45, 2.75) is 6.54 Å². The summed E-state index contributed by atoms with van der Waals surface area (Å²) in [5, 5.41) is 0. The first-order chi connectivity index (χ1) is 6.44. The molecular formula is C8H12ClFN2O2S. The van der Waals surface area contributed by atoms with Crippen molar-refractivity contribution in [1.82, 2.24) is 0 Å². The zero-order valence-corrected chi connectivity index (χ0v) is 9.66. The van der Waals surface area contributed by atoms with Gasteiger partial charge in [0, 0.05) is 12.1 Å². The summed E-state index contributed by atoms with van der Waals surface area (Å²) < 4.78 is 37.1. The molecule has 7 heteroatoms. The number of hydrogen-bond donors (Lipinski definition) is 2. The third-order valence-electron chi connectivity index (χ3n) is 1.62. The summed E-state index contributed by atoms with van der Waals surface area (Å²) in [4.78, 5) is 0. The Kier molecular flexibility index (Phi) is 4.99. The molecule has 0 heterocycles. The Balaban J connectivity index is 0.00000196. The van der Waals surface area contributed by atoms with Gasteiger partial charge >= 0.3 is 0 Å². The van der Waals surface area contributed by atoms with E-state index in [-0.39, 0.29) is 30.2 Å². The fraction of sp³-hybridized carbons (Fsp3) is 0.250. The number of nitrogens with two attached hydrogens (primary N) is 1. The summed E-state index contributed by atoms with van der Waals surface area (Å²) in [5.74, 6) is -0.513. The van der Waals surface area contributed by atoms with Crippen molar-refractivity contribution >= 4 is 28.1 Å². The van der Waals surface area contributed by atoms with E-state index < -0.39 is 15.8 Å². The predicted octanol–water partition coefficient (Wildman–Crippen LogP) is 1.08. The maximum Gasteiger partial charge on any atom is 0.229 e. The molecule has 0 aliphatic heterocycles. The van der Waals surface area contributed by atoms with Gasteiger partial charge in [0.2, 0.25) is 10.0 Å². The Morgan fingerprint density at radius 3 is 2.53 bits per heavy atom. The van der Waals surface area contributed by atoms with Gasteiger partial charge in [0.05, 0.1) is 11.9 Å². The van der Waals surface area contributed by atoms with Gasteiger partial charge in [-0.3, -0.25) is 4.72 Å². The Hall–Kier alpha value is -0.850. The van der Waals surface area contributed by atoms with Crippen molar-refractivity contribution < 1.29 is 12.8 Å². The molecule has 4 nitrogen and oxygen atoms in total. The fourth-order valence-electron chi connectivity index (χ4n) is 1.06. The lowest BCUT2D eigenvalue weighted by Crippen LogP contribution is -2.13. The molecule has 3 N–H and O–H groups in total. The highest BCUT2D eigenvalue weighted by molar-refractivity contribution is 7.92. The maximum absolute atomic E-state index is 13.1. The van der Waals surface area contributed by atoms with Gasteiger partial charge in [-0.15, -0.1) is 12.4 Å². The first-order valence-electron chi connectivity index (χ1n) is 3.89. The number of hydrogen-bond acceptors (Lipinski definition) is 3. The summed E-state index contributed by atoms with van der Waals surface area (Å²) in [6, 6.07) is 4.12. The van der Waals surface area contributed by atoms with E-state index in [2.05, 4.69) is 4.72 Å². The average Bonchev–Trinajstić information content (AvgIpc) is 2.01. The van der Waals surface area contributed by atoms with Crippen molar-refractivity contribution in [3.05, 3.63) is 29.6 Å². The van der Waals surface area contributed by atoms with Crippen LogP contribution in [-0.2, 0) is 16.6 Å². The number of rotatable bonds is 3. The molecule has 0 unspecified atom stereocenters. The third kappa shape index (κ3) is 4.03. The molecule has 0 radical (unpaired) electrons. The normalized spacial score (nSPS) is 10.6. The molecule has 0 atom stereocenters. The van der Waals surface area contributed by atoms with Crippen molar-refractivity contribution in [3.63, 3.8) is 0 Å². The van der Waals surface area contributed by atoms with Crippen LogP contribution in [0.2, 0.25) is 0 Å². The van der Waals surface area contributed by atoms with Crippen LogP contribution in [0, 0.1) is 5.82 Å². The van der Waals surface area contributed by atoms with Gasteiger partial charge in [-0.1, -0.05) is 6.07 Å². The summed E-state index contributed by atoms with van der Waals surface area (Å²) in [5.41, 5.74) is 5.65. The van der Waals surface area contributed by atoms with Gasteiger partial charge in [0.1, 0.15) is 5.82 Å². The fourth-order valence-corrected chi connectivity index (χ4v) is 1.65. The molecule has 0 saturated heterocycles. The van der Waals surface area contributed by atoms with Crippen molar-refractivity contribution in [2.75, 3.05) is 11.0 Å². The minimum absolute atomic E-state index is 0. The molecule has 1 rings (SSSR count). The smallest absolute Gasteiger partial charge is 0.229 e. The zero-order chi connectivity index (χ0) is 10.8. The van der Waals surface area contributed by atoms with E-state index >= 15 is 0 Å². The molecule has 0 aromatic heterocycles. The molecule has 0 amide bonds. The lowest BCUT2D eigenvalue weighted by atomic mass is 10.2. The van der Waals surface area contributed by atoms with Crippen LogP contribution < -0.4 is 10.5 Å². The van der Waals surface area contributed by atoms with E-state index in [1.54, 1.807) is 0 Å². The molecule has 0 spiro atoms. The molecule has 0 aliphatic carbocycles. The Morgan fingerprint density at radius 1 is 1.47 bits per heavy atom. The van der Waals surface area contributed by atoms with Gasteiger partial charge in [0.15, 0.2) is 0 Å². The van der Waals surface area contributed by atoms with Crippen LogP contribution in [0.15, 0.2) is 18.2 Å². The highest BCUT2D eigenvalue weighted by Crippen LogP contribution is 2.18. The van der Waals surface area contributed by atoms with Crippen LogP contribution in [0.25, 0.3) is 0 Å². The number of halogens is 2. The first kappa shape index (κ1) is 14.2. The Bertz CT molecular complexity index is 436. The van der Waals surface area contributed by atoms with Crippen LogP contribution in [0.4, 0.5) is 10.1 Å². The average molecular weight is 255 g/mol. The quantitative estimate of drug-likeness (QED) is 0.848.